The van der Waals surface area contributed by atoms with Gasteiger partial charge in [-0.3, -0.25) is 4.79 Å². The number of halogens is 3. The van der Waals surface area contributed by atoms with Gasteiger partial charge in [-0.15, -0.1) is 0 Å². The van der Waals surface area contributed by atoms with Crippen molar-refractivity contribution in [3.63, 3.8) is 0 Å². The van der Waals surface area contributed by atoms with E-state index >= 15 is 0 Å². The SMILES string of the molecule is CC(C)(C)OC(=O)N1CC2CCN(c3ccc(OCC(F)(F)F)cc3)C(=O)C2C1. The monoisotopic (exact) mass is 414 g/mol. The van der Waals surface area contributed by atoms with Gasteiger partial charge in [0.2, 0.25) is 5.91 Å². The lowest BCUT2D eigenvalue weighted by molar-refractivity contribution is -0.153. The molecule has 0 bridgehead atoms. The summed E-state index contributed by atoms with van der Waals surface area (Å²) < 4.78 is 46.9. The maximum atomic E-state index is 13.0. The Kier molecular flexibility index (Phi) is 5.69. The standard InChI is InChI=1S/C20H25F3N2O4/c1-19(2,3)29-18(27)24-10-13-8-9-25(17(26)16(13)11-24)14-4-6-15(7-5-14)28-12-20(21,22)23/h4-7,13,16H,8-12H2,1-3H3. The van der Waals surface area contributed by atoms with E-state index < -0.39 is 24.5 Å². The molecule has 1 aromatic carbocycles. The van der Waals surface area contributed by atoms with Crippen LogP contribution in [-0.4, -0.2) is 54.9 Å². The molecule has 0 spiro atoms. The number of alkyl halides is 3. The van der Waals surface area contributed by atoms with Crippen LogP contribution in [0.2, 0.25) is 0 Å². The van der Waals surface area contributed by atoms with Gasteiger partial charge >= 0.3 is 12.3 Å². The Morgan fingerprint density at radius 1 is 1.14 bits per heavy atom. The summed E-state index contributed by atoms with van der Waals surface area (Å²) in [5.74, 6) is -0.222. The molecular weight excluding hydrogens is 389 g/mol. The number of amides is 2. The van der Waals surface area contributed by atoms with Crippen LogP contribution in [0.5, 0.6) is 5.75 Å². The average molecular weight is 414 g/mol. The fourth-order valence-corrected chi connectivity index (χ4v) is 3.67. The fourth-order valence-electron chi connectivity index (χ4n) is 3.67. The summed E-state index contributed by atoms with van der Waals surface area (Å²) in [4.78, 5) is 28.5. The number of piperidine rings is 1. The minimum Gasteiger partial charge on any atom is -0.484 e. The van der Waals surface area contributed by atoms with E-state index in [4.69, 9.17) is 9.47 Å². The third-order valence-electron chi connectivity index (χ3n) is 4.95. The van der Waals surface area contributed by atoms with Gasteiger partial charge in [-0.2, -0.15) is 13.2 Å². The first kappa shape index (κ1) is 21.3. The van der Waals surface area contributed by atoms with Crippen LogP contribution in [0.25, 0.3) is 0 Å². The molecule has 0 N–H and O–H groups in total. The Labute approximate surface area is 167 Å². The number of anilines is 1. The van der Waals surface area contributed by atoms with Crippen molar-refractivity contribution in [2.75, 3.05) is 31.1 Å². The van der Waals surface area contributed by atoms with Crippen molar-refractivity contribution in [2.24, 2.45) is 11.8 Å². The third kappa shape index (κ3) is 5.33. The Balaban J connectivity index is 1.63. The average Bonchev–Trinajstić information content (AvgIpc) is 3.04. The highest BCUT2D eigenvalue weighted by Gasteiger charge is 2.45. The van der Waals surface area contributed by atoms with E-state index in [0.29, 0.717) is 25.3 Å². The summed E-state index contributed by atoms with van der Waals surface area (Å²) in [7, 11) is 0. The second kappa shape index (κ2) is 7.76. The molecule has 3 rings (SSSR count). The smallest absolute Gasteiger partial charge is 0.422 e. The normalized spacial score (nSPS) is 22.5. The summed E-state index contributed by atoms with van der Waals surface area (Å²) in [6, 6.07) is 5.99. The van der Waals surface area contributed by atoms with Crippen molar-refractivity contribution in [3.05, 3.63) is 24.3 Å². The minimum atomic E-state index is -4.40. The number of carbonyl (C=O) groups excluding carboxylic acids is 2. The number of hydrogen-bond acceptors (Lipinski definition) is 4. The Hall–Kier alpha value is -2.45. The van der Waals surface area contributed by atoms with Crippen LogP contribution in [-0.2, 0) is 9.53 Å². The molecule has 2 aliphatic rings. The largest absolute Gasteiger partial charge is 0.484 e. The van der Waals surface area contributed by atoms with E-state index in [9.17, 15) is 22.8 Å². The molecule has 160 valence electrons. The molecule has 0 saturated carbocycles. The lowest BCUT2D eigenvalue weighted by atomic mass is 9.87. The number of hydrogen-bond donors (Lipinski definition) is 0. The maximum absolute atomic E-state index is 13.0. The number of nitrogens with zero attached hydrogens (tertiary/aromatic N) is 2. The number of rotatable bonds is 3. The van der Waals surface area contributed by atoms with Crippen LogP contribution in [0.3, 0.4) is 0 Å². The van der Waals surface area contributed by atoms with Crippen LogP contribution in [0.15, 0.2) is 24.3 Å². The molecule has 9 heteroatoms. The zero-order chi connectivity index (χ0) is 21.4. The van der Waals surface area contributed by atoms with E-state index in [1.165, 1.54) is 12.1 Å². The van der Waals surface area contributed by atoms with Crippen molar-refractivity contribution < 1.29 is 32.2 Å². The fraction of sp³-hybridized carbons (Fsp3) is 0.600. The molecule has 1 aromatic rings. The molecule has 6 nitrogen and oxygen atoms in total. The molecule has 2 amide bonds. The van der Waals surface area contributed by atoms with E-state index in [-0.39, 0.29) is 23.5 Å². The highest BCUT2D eigenvalue weighted by Crippen LogP contribution is 2.35. The topological polar surface area (TPSA) is 59.1 Å². The van der Waals surface area contributed by atoms with Gasteiger partial charge in [0.15, 0.2) is 6.61 Å². The zero-order valence-electron chi connectivity index (χ0n) is 16.7. The molecular formula is C20H25F3N2O4. The van der Waals surface area contributed by atoms with Crippen LogP contribution in [0.1, 0.15) is 27.2 Å². The van der Waals surface area contributed by atoms with Gasteiger partial charge in [-0.25, -0.2) is 4.79 Å². The quantitative estimate of drug-likeness (QED) is 0.754. The predicted molar refractivity (Wildman–Crippen MR) is 99.7 cm³/mol. The molecule has 2 heterocycles. The number of carbonyl (C=O) groups is 2. The third-order valence-corrected chi connectivity index (χ3v) is 4.95. The summed E-state index contributed by atoms with van der Waals surface area (Å²) in [5, 5.41) is 0. The van der Waals surface area contributed by atoms with Gasteiger partial charge in [0, 0.05) is 25.3 Å². The predicted octanol–water partition coefficient (Wildman–Crippen LogP) is 3.85. The van der Waals surface area contributed by atoms with Gasteiger partial charge < -0.3 is 19.3 Å². The molecule has 0 aromatic heterocycles. The summed E-state index contributed by atoms with van der Waals surface area (Å²) in [6.07, 6.45) is -4.08. The number of likely N-dealkylation sites (tertiary alicyclic amines) is 1. The molecule has 2 fully saturated rings. The van der Waals surface area contributed by atoms with Crippen molar-refractivity contribution in [1.29, 1.82) is 0 Å². The highest BCUT2D eigenvalue weighted by molar-refractivity contribution is 5.96. The molecule has 2 atom stereocenters. The second-order valence-corrected chi connectivity index (χ2v) is 8.43. The van der Waals surface area contributed by atoms with Crippen molar-refractivity contribution >= 4 is 17.7 Å². The van der Waals surface area contributed by atoms with Crippen molar-refractivity contribution in [2.45, 2.75) is 39.0 Å². The van der Waals surface area contributed by atoms with E-state index in [0.717, 1.165) is 6.42 Å². The van der Waals surface area contributed by atoms with Crippen LogP contribution >= 0.6 is 0 Å². The van der Waals surface area contributed by atoms with Crippen molar-refractivity contribution in [1.82, 2.24) is 4.90 Å². The van der Waals surface area contributed by atoms with Gasteiger partial charge in [0.1, 0.15) is 11.4 Å². The van der Waals surface area contributed by atoms with E-state index in [2.05, 4.69) is 0 Å². The molecule has 2 aliphatic heterocycles. The van der Waals surface area contributed by atoms with E-state index in [1.54, 1.807) is 42.7 Å². The molecule has 2 saturated heterocycles. The molecule has 29 heavy (non-hydrogen) atoms. The number of ether oxygens (including phenoxy) is 2. The van der Waals surface area contributed by atoms with Crippen LogP contribution < -0.4 is 9.64 Å². The van der Waals surface area contributed by atoms with Gasteiger partial charge in [0.25, 0.3) is 0 Å². The highest BCUT2D eigenvalue weighted by atomic mass is 19.4. The summed E-state index contributed by atoms with van der Waals surface area (Å²) in [6.45, 7) is 5.31. The second-order valence-electron chi connectivity index (χ2n) is 8.43. The van der Waals surface area contributed by atoms with Crippen molar-refractivity contribution in [3.8, 4) is 5.75 Å². The zero-order valence-corrected chi connectivity index (χ0v) is 16.7. The Bertz CT molecular complexity index is 758. The lowest BCUT2D eigenvalue weighted by Gasteiger charge is -2.33. The van der Waals surface area contributed by atoms with Gasteiger partial charge in [-0.05, 0) is 57.4 Å². The number of fused-ring (bicyclic) bond motifs is 1. The van der Waals surface area contributed by atoms with E-state index in [1.807, 2.05) is 0 Å². The van der Waals surface area contributed by atoms with Gasteiger partial charge in [0.05, 0.1) is 5.92 Å². The Morgan fingerprint density at radius 2 is 1.79 bits per heavy atom. The first-order valence-corrected chi connectivity index (χ1v) is 9.52. The van der Waals surface area contributed by atoms with Crippen LogP contribution in [0.4, 0.5) is 23.7 Å². The maximum Gasteiger partial charge on any atom is 0.422 e. The minimum absolute atomic E-state index is 0.0839. The molecule has 0 aliphatic carbocycles. The Morgan fingerprint density at radius 3 is 2.38 bits per heavy atom. The summed E-state index contributed by atoms with van der Waals surface area (Å²) >= 11 is 0. The molecule has 2 unspecified atom stereocenters. The first-order valence-electron chi connectivity index (χ1n) is 9.52. The first-order chi connectivity index (χ1) is 13.4. The molecule has 0 radical (unpaired) electrons. The van der Waals surface area contributed by atoms with Crippen LogP contribution in [0, 0.1) is 11.8 Å². The lowest BCUT2D eigenvalue weighted by Crippen LogP contribution is -2.45. The van der Waals surface area contributed by atoms with Gasteiger partial charge in [-0.1, -0.05) is 0 Å². The number of benzene rings is 1. The summed E-state index contributed by atoms with van der Waals surface area (Å²) in [5.41, 5.74) is 0.000113.